The lowest BCUT2D eigenvalue weighted by molar-refractivity contribution is -0.394. The molecule has 0 spiro atoms. The van der Waals surface area contributed by atoms with Crippen LogP contribution in [0.5, 0.6) is 0 Å². The van der Waals surface area contributed by atoms with Gasteiger partial charge in [0.25, 0.3) is 0 Å². The first-order chi connectivity index (χ1) is 31.7. The topological polar surface area (TPSA) is 506 Å². The van der Waals surface area contributed by atoms with Gasteiger partial charge < -0.3 is 154 Å². The molecule has 6 heterocycles. The van der Waals surface area contributed by atoms with E-state index in [0.717, 1.165) is 0 Å². The summed E-state index contributed by atoms with van der Waals surface area (Å²) in [5.74, 6) is 0. The van der Waals surface area contributed by atoms with Gasteiger partial charge in [0.1, 0.15) is 146 Å². The van der Waals surface area contributed by atoms with Gasteiger partial charge in [0.15, 0.2) is 37.7 Å². The highest BCUT2D eigenvalue weighted by molar-refractivity contribution is 4.99. The highest BCUT2D eigenvalue weighted by atomic mass is 16.8. The van der Waals surface area contributed by atoms with Crippen molar-refractivity contribution in [1.29, 1.82) is 0 Å². The van der Waals surface area contributed by atoms with Gasteiger partial charge in [-0.3, -0.25) is 0 Å². The van der Waals surface area contributed by atoms with Gasteiger partial charge in [0.2, 0.25) is 0 Å². The molecule has 6 rings (SSSR count). The zero-order valence-electron chi connectivity index (χ0n) is 35.0. The highest BCUT2D eigenvalue weighted by Crippen LogP contribution is 2.36. The van der Waals surface area contributed by atoms with Crippen LogP contribution >= 0.6 is 0 Å². The van der Waals surface area contributed by atoms with Crippen LogP contribution in [-0.2, 0) is 52.1 Å². The molecule has 0 aromatic rings. The highest BCUT2D eigenvalue weighted by Gasteiger charge is 2.57. The minimum atomic E-state index is -2.31. The number of aliphatic hydroxyl groups excluding tert-OH is 20. The van der Waals surface area contributed by atoms with Crippen molar-refractivity contribution >= 4 is 0 Å². The van der Waals surface area contributed by atoms with Crippen LogP contribution in [0, 0.1) is 0 Å². The van der Waals surface area contributed by atoms with Crippen molar-refractivity contribution in [2.75, 3.05) is 39.6 Å². The summed E-state index contributed by atoms with van der Waals surface area (Å²) in [6.45, 7) is -5.42. The largest absolute Gasteiger partial charge is 0.394 e. The number of hydrogen-bond acceptors (Lipinski definition) is 31. The molecule has 1 unspecified atom stereocenters. The van der Waals surface area contributed by atoms with E-state index in [1.807, 2.05) is 0 Å². The summed E-state index contributed by atoms with van der Waals surface area (Å²) in [7, 11) is 0. The second-order valence-corrected chi connectivity index (χ2v) is 16.8. The van der Waals surface area contributed by atoms with Crippen LogP contribution in [0.1, 0.15) is 0 Å². The van der Waals surface area contributed by atoms with Crippen molar-refractivity contribution in [3.05, 3.63) is 0 Å². The predicted molar refractivity (Wildman–Crippen MR) is 199 cm³/mol. The predicted octanol–water partition coefficient (Wildman–Crippen LogP) is -14.1. The van der Waals surface area contributed by atoms with E-state index >= 15 is 0 Å². The van der Waals surface area contributed by atoms with Gasteiger partial charge in [0, 0.05) is 0 Å². The molecular weight excluding hydrogens is 928 g/mol. The summed E-state index contributed by atoms with van der Waals surface area (Å²) in [6.07, 6.45) is -58.6. The first kappa shape index (κ1) is 55.1. The Bertz CT molecular complexity index is 1500. The summed E-state index contributed by atoms with van der Waals surface area (Å²) in [5, 5.41) is 211. The molecule has 0 amide bonds. The van der Waals surface area contributed by atoms with Crippen LogP contribution in [-0.4, -0.2) is 326 Å². The van der Waals surface area contributed by atoms with Gasteiger partial charge in [0.05, 0.1) is 39.6 Å². The lowest BCUT2D eigenvalue weighted by atomic mass is 9.95. The molecule has 0 radical (unpaired) electrons. The van der Waals surface area contributed by atoms with E-state index in [4.69, 9.17) is 52.1 Å². The third-order valence-electron chi connectivity index (χ3n) is 12.4. The maximum Gasteiger partial charge on any atom is 0.187 e. The SMILES string of the molecule is OC[C@H]1O[C@@H](OC[C@H]2O[C@@H](O[C@@H]3[C@@H](O)[C@H](O[C@H]4[C@H](O)[C@@H](CO)OC(O)[C@@H]4O)O[C@H](CO[C@@H]4O[C@H](CO)[C@@H](O)[C@H](O)[C@H]4O)[C@H]3O)[C@H](O)[C@@H](O[C@@H]3O[C@H](CO)[C@@H](O)[C@H](O)[C@H]3O)[C@@H]2O)[C@H](O)[C@@H](O)[C@@H]1O. The third-order valence-corrected chi connectivity index (χ3v) is 12.4. The molecule has 67 heavy (non-hydrogen) atoms. The van der Waals surface area contributed by atoms with Crippen molar-refractivity contribution in [2.24, 2.45) is 0 Å². The molecule has 6 saturated heterocycles. The summed E-state index contributed by atoms with van der Waals surface area (Å²) in [6, 6.07) is 0. The maximum absolute atomic E-state index is 11.7. The van der Waals surface area contributed by atoms with Crippen molar-refractivity contribution in [3.8, 4) is 0 Å². The fourth-order valence-corrected chi connectivity index (χ4v) is 8.29. The van der Waals surface area contributed by atoms with Gasteiger partial charge in [-0.05, 0) is 0 Å². The summed E-state index contributed by atoms with van der Waals surface area (Å²) in [4.78, 5) is 0. The Labute approximate surface area is 378 Å². The molecule has 31 heteroatoms. The molecule has 0 aromatic heterocycles. The van der Waals surface area contributed by atoms with Crippen molar-refractivity contribution in [1.82, 2.24) is 0 Å². The Hall–Kier alpha value is -1.24. The smallest absolute Gasteiger partial charge is 0.187 e. The van der Waals surface area contributed by atoms with E-state index in [1.165, 1.54) is 0 Å². The molecular formula is C36H62O31. The number of rotatable bonds is 16. The van der Waals surface area contributed by atoms with E-state index in [0.29, 0.717) is 0 Å². The van der Waals surface area contributed by atoms with Crippen molar-refractivity contribution in [3.63, 3.8) is 0 Å². The Morgan fingerprint density at radius 2 is 0.522 bits per heavy atom. The quantitative estimate of drug-likeness (QED) is 0.0683. The van der Waals surface area contributed by atoms with E-state index in [9.17, 15) is 102 Å². The monoisotopic (exact) mass is 990 g/mol. The van der Waals surface area contributed by atoms with E-state index in [-0.39, 0.29) is 0 Å². The lowest BCUT2D eigenvalue weighted by Crippen LogP contribution is -2.68. The average Bonchev–Trinajstić information content (AvgIpc) is 3.31. The summed E-state index contributed by atoms with van der Waals surface area (Å²) >= 11 is 0. The second-order valence-electron chi connectivity index (χ2n) is 16.8. The minimum absolute atomic E-state index is 0.865. The molecule has 30 atom stereocenters. The van der Waals surface area contributed by atoms with Crippen LogP contribution in [0.3, 0.4) is 0 Å². The zero-order valence-corrected chi connectivity index (χ0v) is 35.0. The standard InChI is InChI=1S/C36H62O31/c37-1-7-13(41)19(47)22(50)32(60-7)57-5-11-17(45)29(66-34-24(52)21(49)15(43)9(3-39)62-34)26(54)36(64-11)67-30-18(46)12(6-58-33-23(51)20(48)14(42)8(2-38)61-33)63-35(27(30)55)65-28-16(44)10(4-40)59-31(56)25(28)53/h7-56H,1-6H2/t7-,8-,9-,10-,11-,12-,13-,14-,15-,16-,17-,18-,19+,20+,21+,22-,23-,24-,25-,26-,27-,28+,29+,30+,31?,32-,33-,34+,35+,36+/m1/s1. The van der Waals surface area contributed by atoms with Gasteiger partial charge in [-0.1, -0.05) is 0 Å². The molecule has 0 bridgehead atoms. The van der Waals surface area contributed by atoms with Crippen LogP contribution in [0.2, 0.25) is 0 Å². The summed E-state index contributed by atoms with van der Waals surface area (Å²) < 4.78 is 60.9. The first-order valence-corrected chi connectivity index (χ1v) is 21.1. The Morgan fingerprint density at radius 1 is 0.254 bits per heavy atom. The molecule has 0 aliphatic carbocycles. The lowest BCUT2D eigenvalue weighted by Gasteiger charge is -2.49. The Balaban J connectivity index is 1.29. The van der Waals surface area contributed by atoms with Gasteiger partial charge in [-0.15, -0.1) is 0 Å². The molecule has 20 N–H and O–H groups in total. The molecule has 6 aliphatic heterocycles. The molecule has 0 aromatic carbocycles. The normalized spacial score (nSPS) is 53.4. The van der Waals surface area contributed by atoms with Crippen LogP contribution in [0.25, 0.3) is 0 Å². The number of ether oxygens (including phenoxy) is 11. The Morgan fingerprint density at radius 3 is 0.881 bits per heavy atom. The Kier molecular flexibility index (Phi) is 19.4. The molecule has 6 fully saturated rings. The fourth-order valence-electron chi connectivity index (χ4n) is 8.29. The molecule has 6 aliphatic rings. The second kappa shape index (κ2) is 23.5. The maximum atomic E-state index is 11.7. The van der Waals surface area contributed by atoms with Crippen LogP contribution in [0.15, 0.2) is 0 Å². The zero-order chi connectivity index (χ0) is 49.3. The average molecular weight is 991 g/mol. The van der Waals surface area contributed by atoms with Crippen molar-refractivity contribution in [2.45, 2.75) is 184 Å². The molecule has 0 saturated carbocycles. The number of hydrogen-bond donors (Lipinski definition) is 20. The van der Waals surface area contributed by atoms with E-state index in [2.05, 4.69) is 0 Å². The first-order valence-electron chi connectivity index (χ1n) is 21.1. The van der Waals surface area contributed by atoms with Gasteiger partial charge in [-0.25, -0.2) is 0 Å². The number of aliphatic hydroxyl groups is 20. The van der Waals surface area contributed by atoms with Crippen LogP contribution in [0.4, 0.5) is 0 Å². The third kappa shape index (κ3) is 11.5. The van der Waals surface area contributed by atoms with E-state index in [1.54, 1.807) is 0 Å². The minimum Gasteiger partial charge on any atom is -0.394 e. The van der Waals surface area contributed by atoms with E-state index < -0.39 is 224 Å². The fraction of sp³-hybridized carbons (Fsp3) is 1.00. The van der Waals surface area contributed by atoms with Crippen molar-refractivity contribution < 1.29 is 154 Å². The summed E-state index contributed by atoms with van der Waals surface area (Å²) in [5.41, 5.74) is 0. The van der Waals surface area contributed by atoms with Crippen LogP contribution < -0.4 is 0 Å². The van der Waals surface area contributed by atoms with Gasteiger partial charge in [-0.2, -0.15) is 0 Å². The van der Waals surface area contributed by atoms with Gasteiger partial charge >= 0.3 is 0 Å². The molecule has 392 valence electrons. The molecule has 31 nitrogen and oxygen atoms in total.